The van der Waals surface area contributed by atoms with Crippen molar-refractivity contribution in [1.29, 1.82) is 0 Å². The minimum Gasteiger partial charge on any atom is -0.355 e. The van der Waals surface area contributed by atoms with Gasteiger partial charge >= 0.3 is 0 Å². The van der Waals surface area contributed by atoms with E-state index in [1.165, 1.54) is 25.7 Å². The van der Waals surface area contributed by atoms with Crippen molar-refractivity contribution in [2.45, 2.75) is 44.7 Å². The van der Waals surface area contributed by atoms with Crippen LogP contribution < -0.4 is 10.6 Å². The molecule has 2 unspecified atom stereocenters. The van der Waals surface area contributed by atoms with Crippen molar-refractivity contribution in [3.8, 4) is 0 Å². The molecule has 6 nitrogen and oxygen atoms in total. The summed E-state index contributed by atoms with van der Waals surface area (Å²) in [5.74, 6) is 1.59. The van der Waals surface area contributed by atoms with Crippen LogP contribution >= 0.6 is 24.0 Å². The van der Waals surface area contributed by atoms with Gasteiger partial charge in [-0.2, -0.15) is 0 Å². The number of halogens is 1. The van der Waals surface area contributed by atoms with Crippen molar-refractivity contribution in [2.75, 3.05) is 41.8 Å². The third-order valence-electron chi connectivity index (χ3n) is 5.89. The number of benzene rings is 1. The van der Waals surface area contributed by atoms with Crippen LogP contribution in [-0.2, 0) is 6.54 Å². The summed E-state index contributed by atoms with van der Waals surface area (Å²) in [4.78, 5) is 20.3. The number of amides is 1. The van der Waals surface area contributed by atoms with Crippen molar-refractivity contribution in [3.63, 3.8) is 0 Å². The number of hydrogen-bond donors (Lipinski definition) is 2. The molecule has 1 aromatic carbocycles. The summed E-state index contributed by atoms with van der Waals surface area (Å²) in [6, 6.07) is 7.72. The van der Waals surface area contributed by atoms with Crippen LogP contribution in [0.4, 0.5) is 0 Å². The second kappa shape index (κ2) is 11.7. The fourth-order valence-electron chi connectivity index (χ4n) is 4.04. The summed E-state index contributed by atoms with van der Waals surface area (Å²) in [5.41, 5.74) is 2.01. The second-order valence-corrected chi connectivity index (χ2v) is 8.50. The highest BCUT2D eigenvalue weighted by Crippen LogP contribution is 2.35. The Morgan fingerprint density at radius 3 is 2.34 bits per heavy atom. The van der Waals surface area contributed by atoms with Crippen LogP contribution in [0.15, 0.2) is 29.3 Å². The average molecular weight is 515 g/mol. The SMILES string of the molecule is CN=C(NCc1ccc(C(=O)N(C)C)cc1)NCC1(N(C)C)CCCC(C)C1.I. The maximum atomic E-state index is 12.0. The van der Waals surface area contributed by atoms with E-state index in [-0.39, 0.29) is 35.4 Å². The molecule has 0 aromatic heterocycles. The number of carbonyl (C=O) groups is 1. The largest absolute Gasteiger partial charge is 0.355 e. The van der Waals surface area contributed by atoms with E-state index in [1.807, 2.05) is 24.3 Å². The van der Waals surface area contributed by atoms with Gasteiger partial charge in [0.25, 0.3) is 5.91 Å². The number of aliphatic imine (C=N–C) groups is 1. The lowest BCUT2D eigenvalue weighted by Gasteiger charge is -2.45. The van der Waals surface area contributed by atoms with Crippen LogP contribution in [0, 0.1) is 5.92 Å². The van der Waals surface area contributed by atoms with Crippen molar-refractivity contribution in [3.05, 3.63) is 35.4 Å². The van der Waals surface area contributed by atoms with Gasteiger partial charge in [0.05, 0.1) is 0 Å². The molecular formula is C22H38IN5O. The number of likely N-dealkylation sites (N-methyl/N-ethyl adjacent to an activating group) is 1. The van der Waals surface area contributed by atoms with E-state index < -0.39 is 0 Å². The first-order valence-corrected chi connectivity index (χ1v) is 10.2. The molecule has 2 atom stereocenters. The number of nitrogens with zero attached hydrogens (tertiary/aromatic N) is 3. The number of carbonyl (C=O) groups excluding carboxylic acids is 1. The zero-order valence-electron chi connectivity index (χ0n) is 18.8. The van der Waals surface area contributed by atoms with E-state index in [0.717, 1.165) is 24.0 Å². The Kier molecular flexibility index (Phi) is 10.4. The van der Waals surface area contributed by atoms with Crippen molar-refractivity contribution in [1.82, 2.24) is 20.4 Å². The standard InChI is InChI=1S/C22H37N5O.HI/c1-17-8-7-13-22(14-17,27(5)6)16-25-21(23-2)24-15-18-9-11-19(12-10-18)20(28)26(3)4;/h9-12,17H,7-8,13-16H2,1-6H3,(H2,23,24,25);1H. The highest BCUT2D eigenvalue weighted by Gasteiger charge is 2.36. The van der Waals surface area contributed by atoms with Gasteiger partial charge in [0.2, 0.25) is 0 Å². The van der Waals surface area contributed by atoms with E-state index in [0.29, 0.717) is 12.1 Å². The Hall–Kier alpha value is -1.35. The van der Waals surface area contributed by atoms with Gasteiger partial charge in [-0.05, 0) is 50.6 Å². The molecular weight excluding hydrogens is 477 g/mol. The quantitative estimate of drug-likeness (QED) is 0.347. The molecule has 0 aliphatic heterocycles. The van der Waals surface area contributed by atoms with Gasteiger partial charge < -0.3 is 20.4 Å². The van der Waals surface area contributed by atoms with Crippen LogP contribution in [0.3, 0.4) is 0 Å². The number of guanidine groups is 1. The predicted molar refractivity (Wildman–Crippen MR) is 132 cm³/mol. The first-order valence-electron chi connectivity index (χ1n) is 10.2. The minimum absolute atomic E-state index is 0. The Morgan fingerprint density at radius 1 is 1.17 bits per heavy atom. The van der Waals surface area contributed by atoms with Gasteiger partial charge in [-0.15, -0.1) is 24.0 Å². The fourth-order valence-corrected chi connectivity index (χ4v) is 4.04. The number of rotatable bonds is 6. The van der Waals surface area contributed by atoms with Crippen LogP contribution in [0.25, 0.3) is 0 Å². The highest BCUT2D eigenvalue weighted by atomic mass is 127. The highest BCUT2D eigenvalue weighted by molar-refractivity contribution is 14.0. The lowest BCUT2D eigenvalue weighted by Crippen LogP contribution is -2.56. The third kappa shape index (κ3) is 7.13. The molecule has 29 heavy (non-hydrogen) atoms. The molecule has 0 heterocycles. The molecule has 1 fully saturated rings. The smallest absolute Gasteiger partial charge is 0.253 e. The topological polar surface area (TPSA) is 60.0 Å². The molecule has 0 bridgehead atoms. The lowest BCUT2D eigenvalue weighted by molar-refractivity contribution is 0.0795. The van der Waals surface area contributed by atoms with Gasteiger partial charge in [0.15, 0.2) is 5.96 Å². The van der Waals surface area contributed by atoms with Crippen LogP contribution in [0.1, 0.15) is 48.5 Å². The molecule has 2 N–H and O–H groups in total. The van der Waals surface area contributed by atoms with Gasteiger partial charge in [-0.25, -0.2) is 0 Å². The number of nitrogens with one attached hydrogen (secondary N) is 2. The van der Waals surface area contributed by atoms with Crippen LogP contribution in [0.5, 0.6) is 0 Å². The summed E-state index contributed by atoms with van der Waals surface area (Å²) in [5, 5.41) is 6.92. The Morgan fingerprint density at radius 2 is 1.83 bits per heavy atom. The van der Waals surface area contributed by atoms with E-state index in [9.17, 15) is 4.79 Å². The number of hydrogen-bond acceptors (Lipinski definition) is 3. The summed E-state index contributed by atoms with van der Waals surface area (Å²) < 4.78 is 0. The fraction of sp³-hybridized carbons (Fsp3) is 0.636. The molecule has 1 amide bonds. The molecule has 0 radical (unpaired) electrons. The van der Waals surface area contributed by atoms with E-state index in [1.54, 1.807) is 26.0 Å². The molecule has 1 aliphatic rings. The molecule has 7 heteroatoms. The maximum absolute atomic E-state index is 12.0. The van der Waals surface area contributed by atoms with Crippen molar-refractivity contribution < 1.29 is 4.79 Å². The van der Waals surface area contributed by atoms with E-state index in [2.05, 4.69) is 41.5 Å². The Labute approximate surface area is 193 Å². The maximum Gasteiger partial charge on any atom is 0.253 e. The van der Waals surface area contributed by atoms with E-state index >= 15 is 0 Å². The first-order chi connectivity index (χ1) is 13.3. The molecule has 2 rings (SSSR count). The van der Waals surface area contributed by atoms with Crippen LogP contribution in [-0.4, -0.2) is 69.0 Å². The van der Waals surface area contributed by atoms with Crippen LogP contribution in [0.2, 0.25) is 0 Å². The monoisotopic (exact) mass is 515 g/mol. The molecule has 1 saturated carbocycles. The summed E-state index contributed by atoms with van der Waals surface area (Å²) in [6.07, 6.45) is 5.04. The third-order valence-corrected chi connectivity index (χ3v) is 5.89. The van der Waals surface area contributed by atoms with Gasteiger partial charge in [-0.3, -0.25) is 9.79 Å². The molecule has 1 aliphatic carbocycles. The minimum atomic E-state index is 0. The van der Waals surface area contributed by atoms with Gasteiger partial charge in [0, 0.05) is 45.3 Å². The Bertz CT molecular complexity index is 674. The van der Waals surface area contributed by atoms with E-state index in [4.69, 9.17) is 0 Å². The van der Waals surface area contributed by atoms with Crippen molar-refractivity contribution >= 4 is 35.8 Å². The van der Waals surface area contributed by atoms with Gasteiger partial charge in [0.1, 0.15) is 0 Å². The van der Waals surface area contributed by atoms with Gasteiger partial charge in [-0.1, -0.05) is 31.9 Å². The normalized spacial score (nSPS) is 22.0. The molecule has 0 saturated heterocycles. The second-order valence-electron chi connectivity index (χ2n) is 8.50. The molecule has 1 aromatic rings. The Balaban J connectivity index is 0.00000420. The lowest BCUT2D eigenvalue weighted by atomic mass is 9.75. The van der Waals surface area contributed by atoms with Crippen molar-refractivity contribution in [2.24, 2.45) is 10.9 Å². The summed E-state index contributed by atoms with van der Waals surface area (Å²) in [7, 11) is 9.71. The molecule has 0 spiro atoms. The summed E-state index contributed by atoms with van der Waals surface area (Å²) >= 11 is 0. The first kappa shape index (κ1) is 25.7. The zero-order chi connectivity index (χ0) is 20.7. The summed E-state index contributed by atoms with van der Waals surface area (Å²) in [6.45, 7) is 3.91. The zero-order valence-corrected chi connectivity index (χ0v) is 21.1. The molecule has 164 valence electrons. The predicted octanol–water partition coefficient (Wildman–Crippen LogP) is 3.18. The average Bonchev–Trinajstić information content (AvgIpc) is 2.67.